The van der Waals surface area contributed by atoms with E-state index in [4.69, 9.17) is 0 Å². The van der Waals surface area contributed by atoms with Crippen LogP contribution in [0.2, 0.25) is 0 Å². The van der Waals surface area contributed by atoms with Crippen LogP contribution in [0.15, 0.2) is 24.4 Å². The van der Waals surface area contributed by atoms with E-state index in [1.54, 1.807) is 6.20 Å². The van der Waals surface area contributed by atoms with E-state index in [1.807, 2.05) is 0 Å². The van der Waals surface area contributed by atoms with Gasteiger partial charge in [-0.3, -0.25) is 0 Å². The molecule has 78 valence electrons. The molecule has 0 N–H and O–H groups in total. The summed E-state index contributed by atoms with van der Waals surface area (Å²) in [7, 11) is 0. The minimum atomic E-state index is 0.530. The van der Waals surface area contributed by atoms with Gasteiger partial charge >= 0.3 is 0 Å². The molecule has 15 heavy (non-hydrogen) atoms. The largest absolute Gasteiger partial charge is 0.159 e. The molecule has 2 nitrogen and oxygen atoms in total. The van der Waals surface area contributed by atoms with E-state index in [0.717, 1.165) is 11.9 Å². The minimum Gasteiger partial charge on any atom is -0.159 e. The zero-order valence-electron chi connectivity index (χ0n) is 9.49. The van der Waals surface area contributed by atoms with E-state index in [9.17, 15) is 0 Å². The maximum atomic E-state index is 4.25. The van der Waals surface area contributed by atoms with Crippen LogP contribution in [0.5, 0.6) is 0 Å². The second-order valence-corrected chi connectivity index (χ2v) is 4.12. The summed E-state index contributed by atoms with van der Waals surface area (Å²) in [6.07, 6.45) is 2.78. The lowest BCUT2D eigenvalue weighted by Crippen LogP contribution is -1.95. The Bertz CT molecular complexity index is 475. The van der Waals surface area contributed by atoms with E-state index in [1.165, 1.54) is 16.5 Å². The minimum absolute atomic E-state index is 0.530. The van der Waals surface area contributed by atoms with E-state index < -0.39 is 0 Å². The zero-order valence-corrected chi connectivity index (χ0v) is 9.49. The van der Waals surface area contributed by atoms with Crippen LogP contribution >= 0.6 is 0 Å². The summed E-state index contributed by atoms with van der Waals surface area (Å²) in [6.45, 7) is 6.57. The first-order chi connectivity index (χ1) is 7.24. The van der Waals surface area contributed by atoms with Crippen molar-refractivity contribution in [1.82, 2.24) is 10.2 Å². The summed E-state index contributed by atoms with van der Waals surface area (Å²) in [5.74, 6) is 0.530. The summed E-state index contributed by atoms with van der Waals surface area (Å²) in [6, 6.07) is 6.46. The maximum absolute atomic E-state index is 4.25. The Kier molecular flexibility index (Phi) is 2.67. The molecule has 0 aliphatic carbocycles. The molecule has 1 aromatic heterocycles. The number of benzene rings is 1. The number of hydrogen-bond acceptors (Lipinski definition) is 2. The molecule has 0 atom stereocenters. The quantitative estimate of drug-likeness (QED) is 0.743. The van der Waals surface area contributed by atoms with Crippen LogP contribution in [-0.4, -0.2) is 10.2 Å². The lowest BCUT2D eigenvalue weighted by molar-refractivity contribution is 0.873. The smallest absolute Gasteiger partial charge is 0.0964 e. The van der Waals surface area contributed by atoms with Gasteiger partial charge in [-0.1, -0.05) is 32.9 Å². The average molecular weight is 200 g/mol. The second kappa shape index (κ2) is 3.97. The molecule has 0 unspecified atom stereocenters. The van der Waals surface area contributed by atoms with Gasteiger partial charge in [0, 0.05) is 5.39 Å². The fraction of sp³-hybridized carbons (Fsp3) is 0.385. The molecule has 0 saturated heterocycles. The summed E-state index contributed by atoms with van der Waals surface area (Å²) in [5, 5.41) is 9.47. The topological polar surface area (TPSA) is 25.8 Å². The van der Waals surface area contributed by atoms with Gasteiger partial charge in [0.15, 0.2) is 0 Å². The van der Waals surface area contributed by atoms with Gasteiger partial charge in [-0.25, -0.2) is 0 Å². The Hall–Kier alpha value is -1.44. The maximum Gasteiger partial charge on any atom is 0.0964 e. The highest BCUT2D eigenvalue weighted by Gasteiger charge is 2.08. The molecule has 2 heteroatoms. The van der Waals surface area contributed by atoms with Crippen LogP contribution in [0.4, 0.5) is 0 Å². The van der Waals surface area contributed by atoms with Gasteiger partial charge in [0.25, 0.3) is 0 Å². The normalized spacial score (nSPS) is 11.2. The van der Waals surface area contributed by atoms with Crippen molar-refractivity contribution in [3.8, 4) is 0 Å². The third kappa shape index (κ3) is 1.72. The monoisotopic (exact) mass is 200 g/mol. The van der Waals surface area contributed by atoms with E-state index in [0.29, 0.717) is 5.92 Å². The van der Waals surface area contributed by atoms with E-state index in [-0.39, 0.29) is 0 Å². The van der Waals surface area contributed by atoms with Crippen molar-refractivity contribution in [3.05, 3.63) is 35.5 Å². The average Bonchev–Trinajstić information content (AvgIpc) is 2.27. The van der Waals surface area contributed by atoms with Crippen LogP contribution in [-0.2, 0) is 6.42 Å². The van der Waals surface area contributed by atoms with Crippen molar-refractivity contribution < 1.29 is 0 Å². The first-order valence-electron chi connectivity index (χ1n) is 5.47. The number of aryl methyl sites for hydroxylation is 1. The van der Waals surface area contributed by atoms with E-state index >= 15 is 0 Å². The van der Waals surface area contributed by atoms with Crippen molar-refractivity contribution in [2.24, 2.45) is 0 Å². The fourth-order valence-electron chi connectivity index (χ4n) is 1.95. The molecular weight excluding hydrogens is 184 g/mol. The van der Waals surface area contributed by atoms with Crippen LogP contribution in [0.3, 0.4) is 0 Å². The Morgan fingerprint density at radius 2 is 2.00 bits per heavy atom. The van der Waals surface area contributed by atoms with Crippen molar-refractivity contribution in [2.45, 2.75) is 33.1 Å². The van der Waals surface area contributed by atoms with Gasteiger partial charge in [0.2, 0.25) is 0 Å². The lowest BCUT2D eigenvalue weighted by Gasteiger charge is -2.11. The van der Waals surface area contributed by atoms with Gasteiger partial charge in [0.1, 0.15) is 0 Å². The van der Waals surface area contributed by atoms with Crippen molar-refractivity contribution in [1.29, 1.82) is 0 Å². The summed E-state index contributed by atoms with van der Waals surface area (Å²) >= 11 is 0. The molecule has 0 saturated carbocycles. The van der Waals surface area contributed by atoms with Gasteiger partial charge < -0.3 is 0 Å². The van der Waals surface area contributed by atoms with Gasteiger partial charge in [0.05, 0.1) is 11.7 Å². The summed E-state index contributed by atoms with van der Waals surface area (Å²) in [5.41, 5.74) is 3.70. The predicted octanol–water partition coefficient (Wildman–Crippen LogP) is 3.32. The highest BCUT2D eigenvalue weighted by molar-refractivity contribution is 5.85. The molecule has 2 aromatic rings. The molecule has 2 rings (SSSR count). The molecule has 0 spiro atoms. The number of fused-ring (bicyclic) bond motifs is 1. The van der Waals surface area contributed by atoms with Gasteiger partial charge in [-0.05, 0) is 29.5 Å². The van der Waals surface area contributed by atoms with Crippen molar-refractivity contribution >= 4 is 10.9 Å². The highest BCUT2D eigenvalue weighted by atomic mass is 15.1. The number of nitrogens with zero attached hydrogens (tertiary/aromatic N) is 2. The Morgan fingerprint density at radius 3 is 2.67 bits per heavy atom. The van der Waals surface area contributed by atoms with Crippen LogP contribution in [0.25, 0.3) is 10.9 Å². The third-order valence-electron chi connectivity index (χ3n) is 2.80. The second-order valence-electron chi connectivity index (χ2n) is 4.12. The number of rotatable bonds is 2. The highest BCUT2D eigenvalue weighted by Crippen LogP contribution is 2.26. The Labute approximate surface area is 90.3 Å². The first kappa shape index (κ1) is 10.1. The molecule has 0 bridgehead atoms. The predicted molar refractivity (Wildman–Crippen MR) is 63.0 cm³/mol. The van der Waals surface area contributed by atoms with Crippen LogP contribution < -0.4 is 0 Å². The molecule has 0 aliphatic rings. The lowest BCUT2D eigenvalue weighted by atomic mass is 9.95. The number of aromatic nitrogens is 2. The molecule has 0 radical (unpaired) electrons. The molecular formula is C13H16N2. The zero-order chi connectivity index (χ0) is 10.8. The van der Waals surface area contributed by atoms with E-state index in [2.05, 4.69) is 49.2 Å². The Balaban J connectivity index is 2.77. The standard InChI is InChI=1S/C13H16N2/c1-4-10-5-6-11(9(2)3)12-7-8-14-15-13(10)12/h5-9H,4H2,1-3H3. The van der Waals surface area contributed by atoms with Gasteiger partial charge in [-0.2, -0.15) is 10.2 Å². The van der Waals surface area contributed by atoms with Crippen LogP contribution in [0, 0.1) is 0 Å². The first-order valence-corrected chi connectivity index (χ1v) is 5.47. The molecule has 0 aliphatic heterocycles. The van der Waals surface area contributed by atoms with Gasteiger partial charge in [-0.15, -0.1) is 0 Å². The molecule has 0 amide bonds. The van der Waals surface area contributed by atoms with Crippen molar-refractivity contribution in [3.63, 3.8) is 0 Å². The third-order valence-corrected chi connectivity index (χ3v) is 2.80. The molecule has 1 heterocycles. The summed E-state index contributed by atoms with van der Waals surface area (Å²) in [4.78, 5) is 0. The summed E-state index contributed by atoms with van der Waals surface area (Å²) < 4.78 is 0. The molecule has 1 aromatic carbocycles. The SMILES string of the molecule is CCc1ccc(C(C)C)c2ccnnc12. The Morgan fingerprint density at radius 1 is 1.20 bits per heavy atom. The van der Waals surface area contributed by atoms with Crippen molar-refractivity contribution in [2.75, 3.05) is 0 Å². The fourth-order valence-corrected chi connectivity index (χ4v) is 1.95. The molecule has 0 fully saturated rings. The van der Waals surface area contributed by atoms with Crippen LogP contribution in [0.1, 0.15) is 37.8 Å². The number of hydrogen-bond donors (Lipinski definition) is 0.